The number of nitro benzene ring substituents is 1. The first kappa shape index (κ1) is 15.2. The Morgan fingerprint density at radius 2 is 2.20 bits per heavy atom. The second-order valence-electron chi connectivity index (χ2n) is 4.93. The summed E-state index contributed by atoms with van der Waals surface area (Å²) in [6.07, 6.45) is 0.684. The Labute approximate surface area is 122 Å². The molecule has 0 spiro atoms. The number of nitrogens with one attached hydrogen (secondary N) is 1. The molecule has 1 aromatic rings. The van der Waals surface area contributed by atoms with Crippen LogP contribution >= 0.6 is 11.6 Å². The smallest absolute Gasteiger partial charge is 0.270 e. The van der Waals surface area contributed by atoms with E-state index in [0.717, 1.165) is 5.56 Å². The molecule has 0 bridgehead atoms. The van der Waals surface area contributed by atoms with Crippen molar-refractivity contribution < 1.29 is 13.3 Å². The lowest BCUT2D eigenvalue weighted by Crippen LogP contribution is -2.23. The molecule has 2 rings (SSSR count). The van der Waals surface area contributed by atoms with Crippen LogP contribution < -0.4 is 5.32 Å². The summed E-state index contributed by atoms with van der Waals surface area (Å²) in [6.45, 7) is 1.07. The lowest BCUT2D eigenvalue weighted by molar-refractivity contribution is -0.384. The fraction of sp³-hybridized carbons (Fsp3) is 0.500. The van der Waals surface area contributed by atoms with Gasteiger partial charge in [-0.05, 0) is 30.5 Å². The minimum atomic E-state index is -2.85. The zero-order valence-corrected chi connectivity index (χ0v) is 12.3. The van der Waals surface area contributed by atoms with Crippen LogP contribution in [0.3, 0.4) is 0 Å². The quantitative estimate of drug-likeness (QED) is 0.660. The molecule has 1 heterocycles. The van der Waals surface area contributed by atoms with Crippen LogP contribution in [0.15, 0.2) is 18.2 Å². The van der Waals surface area contributed by atoms with Crippen molar-refractivity contribution in [2.75, 3.05) is 18.1 Å². The molecular weight excluding hydrogens is 304 g/mol. The van der Waals surface area contributed by atoms with Gasteiger partial charge >= 0.3 is 0 Å². The number of hydrogen-bond acceptors (Lipinski definition) is 5. The van der Waals surface area contributed by atoms with Gasteiger partial charge in [0.25, 0.3) is 5.69 Å². The third-order valence-corrected chi connectivity index (χ3v) is 5.51. The van der Waals surface area contributed by atoms with Crippen LogP contribution in [0.25, 0.3) is 0 Å². The third kappa shape index (κ3) is 3.91. The Hall–Kier alpha value is -1.18. The van der Waals surface area contributed by atoms with E-state index in [9.17, 15) is 18.5 Å². The maximum Gasteiger partial charge on any atom is 0.270 e. The minimum absolute atomic E-state index is 0.0411. The van der Waals surface area contributed by atoms with Crippen molar-refractivity contribution in [2.45, 2.75) is 13.0 Å². The summed E-state index contributed by atoms with van der Waals surface area (Å²) >= 11 is 5.97. The number of nitrogens with zero attached hydrogens (tertiary/aromatic N) is 1. The zero-order valence-electron chi connectivity index (χ0n) is 10.7. The average Bonchev–Trinajstić information content (AvgIpc) is 2.70. The molecule has 6 nitrogen and oxygen atoms in total. The number of halogens is 1. The van der Waals surface area contributed by atoms with Crippen LogP contribution in [-0.2, 0) is 16.4 Å². The fourth-order valence-corrected chi connectivity index (χ4v) is 4.34. The molecule has 0 amide bonds. The molecule has 110 valence electrons. The van der Waals surface area contributed by atoms with Crippen molar-refractivity contribution in [2.24, 2.45) is 5.92 Å². The normalized spacial score (nSPS) is 20.9. The highest BCUT2D eigenvalue weighted by Gasteiger charge is 2.27. The molecule has 1 unspecified atom stereocenters. The van der Waals surface area contributed by atoms with E-state index in [1.54, 1.807) is 6.07 Å². The summed E-state index contributed by atoms with van der Waals surface area (Å²) in [5, 5.41) is 14.1. The molecule has 0 saturated carbocycles. The van der Waals surface area contributed by atoms with E-state index in [1.807, 2.05) is 0 Å². The van der Waals surface area contributed by atoms with Gasteiger partial charge in [-0.15, -0.1) is 0 Å². The molecule has 1 N–H and O–H groups in total. The summed E-state index contributed by atoms with van der Waals surface area (Å²) in [7, 11) is -2.85. The first-order valence-corrected chi connectivity index (χ1v) is 8.41. The SMILES string of the molecule is O=[N+]([O-])c1ccc(CNCC2CCS(=O)(=O)C2)c(Cl)c1. The monoisotopic (exact) mass is 318 g/mol. The first-order chi connectivity index (χ1) is 9.37. The molecule has 8 heteroatoms. The highest BCUT2D eigenvalue weighted by molar-refractivity contribution is 7.91. The van der Waals surface area contributed by atoms with Crippen molar-refractivity contribution >= 4 is 27.1 Å². The lowest BCUT2D eigenvalue weighted by Gasteiger charge is -2.10. The Kier molecular flexibility index (Phi) is 4.62. The van der Waals surface area contributed by atoms with Crippen molar-refractivity contribution in [3.05, 3.63) is 38.9 Å². The second-order valence-corrected chi connectivity index (χ2v) is 7.57. The second kappa shape index (κ2) is 6.07. The van der Waals surface area contributed by atoms with Crippen LogP contribution in [0.2, 0.25) is 5.02 Å². The van der Waals surface area contributed by atoms with E-state index in [-0.39, 0.29) is 23.1 Å². The number of hydrogen-bond donors (Lipinski definition) is 1. The molecule has 20 heavy (non-hydrogen) atoms. The molecule has 1 aliphatic heterocycles. The van der Waals surface area contributed by atoms with Gasteiger partial charge in [-0.25, -0.2) is 8.42 Å². The Bertz CT molecular complexity index is 618. The summed E-state index contributed by atoms with van der Waals surface area (Å²) in [5.41, 5.74) is 0.721. The zero-order chi connectivity index (χ0) is 14.8. The third-order valence-electron chi connectivity index (χ3n) is 3.32. The largest absolute Gasteiger partial charge is 0.312 e. The first-order valence-electron chi connectivity index (χ1n) is 6.21. The number of benzene rings is 1. The van der Waals surface area contributed by atoms with Gasteiger partial charge in [0.15, 0.2) is 9.84 Å². The van der Waals surface area contributed by atoms with E-state index in [1.165, 1.54) is 12.1 Å². The number of sulfone groups is 1. The van der Waals surface area contributed by atoms with Gasteiger partial charge in [0.2, 0.25) is 0 Å². The van der Waals surface area contributed by atoms with E-state index < -0.39 is 14.8 Å². The molecule has 1 fully saturated rings. The van der Waals surface area contributed by atoms with Gasteiger partial charge in [-0.2, -0.15) is 0 Å². The fourth-order valence-electron chi connectivity index (χ4n) is 2.24. The lowest BCUT2D eigenvalue weighted by atomic mass is 10.1. The maximum absolute atomic E-state index is 11.3. The predicted molar refractivity (Wildman–Crippen MR) is 76.6 cm³/mol. The van der Waals surface area contributed by atoms with Gasteiger partial charge in [-0.1, -0.05) is 11.6 Å². The number of nitro groups is 1. The molecule has 1 aliphatic rings. The summed E-state index contributed by atoms with van der Waals surface area (Å²) in [5.74, 6) is 0.628. The van der Waals surface area contributed by atoms with Gasteiger partial charge in [0.05, 0.1) is 21.5 Å². The van der Waals surface area contributed by atoms with Crippen LogP contribution in [-0.4, -0.2) is 31.4 Å². The maximum atomic E-state index is 11.3. The van der Waals surface area contributed by atoms with Crippen molar-refractivity contribution in [1.82, 2.24) is 5.32 Å². The number of non-ortho nitro benzene ring substituents is 1. The predicted octanol–water partition coefficient (Wildman–Crippen LogP) is 1.77. The Morgan fingerprint density at radius 1 is 1.45 bits per heavy atom. The van der Waals surface area contributed by atoms with Gasteiger partial charge < -0.3 is 5.32 Å². The summed E-state index contributed by atoms with van der Waals surface area (Å²) in [6, 6.07) is 4.33. The van der Waals surface area contributed by atoms with E-state index >= 15 is 0 Å². The molecule has 1 atom stereocenters. The molecule has 1 aromatic carbocycles. The average molecular weight is 319 g/mol. The van der Waals surface area contributed by atoms with Crippen LogP contribution in [0.5, 0.6) is 0 Å². The molecular formula is C12H15ClN2O4S. The van der Waals surface area contributed by atoms with Gasteiger partial charge in [-0.3, -0.25) is 10.1 Å². The standard InChI is InChI=1S/C12H15ClN2O4S/c13-12-5-11(15(16)17)2-1-10(12)7-14-6-9-3-4-20(18,19)8-9/h1-2,5,9,14H,3-4,6-8H2. The van der Waals surface area contributed by atoms with Gasteiger partial charge in [0.1, 0.15) is 0 Å². The van der Waals surface area contributed by atoms with Crippen LogP contribution in [0, 0.1) is 16.0 Å². The Balaban J connectivity index is 1.87. The van der Waals surface area contributed by atoms with Crippen molar-refractivity contribution in [1.29, 1.82) is 0 Å². The van der Waals surface area contributed by atoms with Gasteiger partial charge in [0, 0.05) is 18.7 Å². The van der Waals surface area contributed by atoms with E-state index in [0.29, 0.717) is 24.5 Å². The van der Waals surface area contributed by atoms with Crippen molar-refractivity contribution in [3.8, 4) is 0 Å². The molecule has 0 aromatic heterocycles. The highest BCUT2D eigenvalue weighted by Crippen LogP contribution is 2.23. The van der Waals surface area contributed by atoms with Crippen molar-refractivity contribution in [3.63, 3.8) is 0 Å². The highest BCUT2D eigenvalue weighted by atomic mass is 35.5. The number of rotatable bonds is 5. The summed E-state index contributed by atoms with van der Waals surface area (Å²) < 4.78 is 22.6. The molecule has 0 aliphatic carbocycles. The molecule has 0 radical (unpaired) electrons. The summed E-state index contributed by atoms with van der Waals surface area (Å²) in [4.78, 5) is 10.1. The molecule has 1 saturated heterocycles. The van der Waals surface area contributed by atoms with Crippen LogP contribution in [0.1, 0.15) is 12.0 Å². The van der Waals surface area contributed by atoms with E-state index in [4.69, 9.17) is 11.6 Å². The van der Waals surface area contributed by atoms with Crippen LogP contribution in [0.4, 0.5) is 5.69 Å². The minimum Gasteiger partial charge on any atom is -0.312 e. The topological polar surface area (TPSA) is 89.3 Å². The Morgan fingerprint density at radius 3 is 2.75 bits per heavy atom. The van der Waals surface area contributed by atoms with E-state index in [2.05, 4.69) is 5.32 Å².